The first-order valence-electron chi connectivity index (χ1n) is 5.73. The number of aromatic nitrogens is 2. The number of carbonyl (C=O) groups is 1. The second kappa shape index (κ2) is 4.45. The van der Waals surface area contributed by atoms with Crippen LogP contribution in [0.1, 0.15) is 5.56 Å². The number of carbonyl (C=O) groups excluding carboxylic acids is 1. The van der Waals surface area contributed by atoms with E-state index in [0.29, 0.717) is 13.1 Å². The Morgan fingerprint density at radius 3 is 3.17 bits per heavy atom. The van der Waals surface area contributed by atoms with Crippen molar-refractivity contribution in [2.45, 2.75) is 19.6 Å². The molecule has 1 saturated heterocycles. The van der Waals surface area contributed by atoms with Crippen LogP contribution in [0.3, 0.4) is 0 Å². The molecule has 0 aromatic carbocycles. The maximum Gasteiger partial charge on any atom is 0.415 e. The lowest BCUT2D eigenvalue weighted by molar-refractivity contribution is 0.129. The van der Waals surface area contributed by atoms with Gasteiger partial charge in [-0.15, -0.1) is 11.3 Å². The average Bonchev–Trinajstić information content (AvgIpc) is 3.02. The van der Waals surface area contributed by atoms with Gasteiger partial charge in [-0.3, -0.25) is 9.58 Å². The molecule has 2 aromatic heterocycles. The van der Waals surface area contributed by atoms with Crippen molar-refractivity contribution in [3.05, 3.63) is 35.5 Å². The van der Waals surface area contributed by atoms with Crippen molar-refractivity contribution in [2.24, 2.45) is 0 Å². The van der Waals surface area contributed by atoms with E-state index in [1.807, 2.05) is 30.6 Å². The summed E-state index contributed by atoms with van der Waals surface area (Å²) in [6.45, 7) is 3.20. The Morgan fingerprint density at radius 2 is 2.50 bits per heavy atom. The van der Waals surface area contributed by atoms with E-state index in [-0.39, 0.29) is 12.2 Å². The number of nitrogens with zero attached hydrogens (tertiary/aromatic N) is 3. The molecule has 1 atom stereocenters. The topological polar surface area (TPSA) is 47.4 Å². The highest BCUT2D eigenvalue weighted by atomic mass is 32.1. The van der Waals surface area contributed by atoms with E-state index in [2.05, 4.69) is 5.10 Å². The normalized spacial score (nSPS) is 19.3. The van der Waals surface area contributed by atoms with Crippen LogP contribution in [0.5, 0.6) is 0 Å². The van der Waals surface area contributed by atoms with Gasteiger partial charge in [-0.2, -0.15) is 5.10 Å². The average molecular weight is 263 g/mol. The van der Waals surface area contributed by atoms with E-state index in [0.717, 1.165) is 5.00 Å². The summed E-state index contributed by atoms with van der Waals surface area (Å²) in [7, 11) is 0. The minimum Gasteiger partial charge on any atom is -0.442 e. The number of anilines is 1. The highest BCUT2D eigenvalue weighted by Crippen LogP contribution is 2.28. The molecule has 1 aliphatic rings. The Labute approximate surface area is 109 Å². The molecule has 1 aliphatic heterocycles. The molecule has 0 N–H and O–H groups in total. The smallest absolute Gasteiger partial charge is 0.415 e. The van der Waals surface area contributed by atoms with Crippen molar-refractivity contribution < 1.29 is 9.53 Å². The summed E-state index contributed by atoms with van der Waals surface area (Å²) in [5.41, 5.74) is 1.17. The lowest BCUT2D eigenvalue weighted by atomic mass is 10.3. The van der Waals surface area contributed by atoms with E-state index in [1.165, 1.54) is 5.56 Å². The number of rotatable bonds is 3. The lowest BCUT2D eigenvalue weighted by Gasteiger charge is -2.09. The molecule has 6 heteroatoms. The molecular weight excluding hydrogens is 250 g/mol. The second-order valence-electron chi connectivity index (χ2n) is 4.31. The van der Waals surface area contributed by atoms with E-state index >= 15 is 0 Å². The predicted molar refractivity (Wildman–Crippen MR) is 68.9 cm³/mol. The first kappa shape index (κ1) is 11.3. The van der Waals surface area contributed by atoms with Gasteiger partial charge in [-0.05, 0) is 30.0 Å². The van der Waals surface area contributed by atoms with Gasteiger partial charge in [0.1, 0.15) is 11.1 Å². The van der Waals surface area contributed by atoms with Crippen molar-refractivity contribution in [1.29, 1.82) is 0 Å². The molecule has 0 saturated carbocycles. The SMILES string of the molecule is Cc1csc(N2C[C@H](Cn3cccn3)OC2=O)c1. The molecule has 0 bridgehead atoms. The Morgan fingerprint density at radius 1 is 1.61 bits per heavy atom. The summed E-state index contributed by atoms with van der Waals surface area (Å²) in [6, 6.07) is 3.86. The maximum atomic E-state index is 11.8. The van der Waals surface area contributed by atoms with Gasteiger partial charge in [0, 0.05) is 12.4 Å². The van der Waals surface area contributed by atoms with Crippen LogP contribution in [0.2, 0.25) is 0 Å². The number of ether oxygens (including phenoxy) is 1. The maximum absolute atomic E-state index is 11.8. The molecule has 3 rings (SSSR count). The van der Waals surface area contributed by atoms with Crippen molar-refractivity contribution in [2.75, 3.05) is 11.4 Å². The van der Waals surface area contributed by atoms with Crippen molar-refractivity contribution >= 4 is 22.4 Å². The van der Waals surface area contributed by atoms with Crippen LogP contribution in [-0.4, -0.2) is 28.5 Å². The van der Waals surface area contributed by atoms with Crippen LogP contribution in [0, 0.1) is 6.92 Å². The van der Waals surface area contributed by atoms with Gasteiger partial charge in [0.25, 0.3) is 0 Å². The minimum absolute atomic E-state index is 0.139. The van der Waals surface area contributed by atoms with Gasteiger partial charge in [0.2, 0.25) is 0 Å². The van der Waals surface area contributed by atoms with E-state index in [1.54, 1.807) is 27.1 Å². The molecule has 5 nitrogen and oxygen atoms in total. The molecule has 2 aromatic rings. The van der Waals surface area contributed by atoms with Crippen LogP contribution >= 0.6 is 11.3 Å². The summed E-state index contributed by atoms with van der Waals surface area (Å²) in [5, 5.41) is 7.09. The Kier molecular flexibility index (Phi) is 2.79. The van der Waals surface area contributed by atoms with Crippen LogP contribution in [-0.2, 0) is 11.3 Å². The standard InChI is InChI=1S/C12H13N3O2S/c1-9-5-11(18-8-9)15-7-10(17-12(15)16)6-14-4-2-3-13-14/h2-5,8,10H,6-7H2,1H3/t10-/m0/s1. The summed E-state index contributed by atoms with van der Waals surface area (Å²) in [6.07, 6.45) is 3.18. The molecule has 18 heavy (non-hydrogen) atoms. The molecule has 0 radical (unpaired) electrons. The number of thiophene rings is 1. The van der Waals surface area contributed by atoms with Crippen LogP contribution in [0.25, 0.3) is 0 Å². The third kappa shape index (κ3) is 2.11. The largest absolute Gasteiger partial charge is 0.442 e. The fourth-order valence-corrected chi connectivity index (χ4v) is 2.88. The lowest BCUT2D eigenvalue weighted by Crippen LogP contribution is -2.25. The quantitative estimate of drug-likeness (QED) is 0.853. The summed E-state index contributed by atoms with van der Waals surface area (Å²) in [4.78, 5) is 13.5. The number of amides is 1. The monoisotopic (exact) mass is 263 g/mol. The molecule has 1 fully saturated rings. The van der Waals surface area contributed by atoms with Crippen molar-refractivity contribution in [3.63, 3.8) is 0 Å². The van der Waals surface area contributed by atoms with E-state index < -0.39 is 0 Å². The second-order valence-corrected chi connectivity index (χ2v) is 5.20. The summed E-state index contributed by atoms with van der Waals surface area (Å²) in [5.74, 6) is 0. The third-order valence-corrected chi connectivity index (χ3v) is 3.88. The molecular formula is C12H13N3O2S. The Bertz CT molecular complexity index is 549. The molecule has 3 heterocycles. The first-order valence-corrected chi connectivity index (χ1v) is 6.61. The molecule has 1 amide bonds. The molecule has 0 aliphatic carbocycles. The number of hydrogen-bond acceptors (Lipinski definition) is 4. The zero-order chi connectivity index (χ0) is 12.5. The zero-order valence-electron chi connectivity index (χ0n) is 9.94. The molecule has 94 valence electrons. The van der Waals surface area contributed by atoms with Crippen molar-refractivity contribution in [3.8, 4) is 0 Å². The Balaban J connectivity index is 1.70. The van der Waals surface area contributed by atoms with Gasteiger partial charge < -0.3 is 4.74 Å². The van der Waals surface area contributed by atoms with Gasteiger partial charge in [0.05, 0.1) is 13.1 Å². The van der Waals surface area contributed by atoms with Crippen molar-refractivity contribution in [1.82, 2.24) is 9.78 Å². The van der Waals surface area contributed by atoms with Gasteiger partial charge in [0.15, 0.2) is 0 Å². The van der Waals surface area contributed by atoms with Gasteiger partial charge in [-0.25, -0.2) is 4.79 Å². The van der Waals surface area contributed by atoms with Crippen LogP contribution < -0.4 is 4.90 Å². The highest BCUT2D eigenvalue weighted by molar-refractivity contribution is 7.14. The van der Waals surface area contributed by atoms with Crippen LogP contribution in [0.15, 0.2) is 29.9 Å². The Hall–Kier alpha value is -1.82. The van der Waals surface area contributed by atoms with Gasteiger partial charge >= 0.3 is 6.09 Å². The fourth-order valence-electron chi connectivity index (χ4n) is 1.97. The first-order chi connectivity index (χ1) is 8.72. The zero-order valence-corrected chi connectivity index (χ0v) is 10.8. The van der Waals surface area contributed by atoms with Gasteiger partial charge in [-0.1, -0.05) is 0 Å². The number of cyclic esters (lactones) is 1. The number of hydrogen-bond donors (Lipinski definition) is 0. The minimum atomic E-state index is -0.269. The highest BCUT2D eigenvalue weighted by Gasteiger charge is 2.33. The van der Waals surface area contributed by atoms with E-state index in [9.17, 15) is 4.79 Å². The summed E-state index contributed by atoms with van der Waals surface area (Å²) < 4.78 is 7.12. The summed E-state index contributed by atoms with van der Waals surface area (Å²) >= 11 is 1.56. The third-order valence-electron chi connectivity index (χ3n) is 2.81. The molecule has 0 unspecified atom stereocenters. The fraction of sp³-hybridized carbons (Fsp3) is 0.333. The predicted octanol–water partition coefficient (Wildman–Crippen LogP) is 2.28. The van der Waals surface area contributed by atoms with Crippen LogP contribution in [0.4, 0.5) is 9.80 Å². The van der Waals surface area contributed by atoms with E-state index in [4.69, 9.17) is 4.74 Å². The number of aryl methyl sites for hydroxylation is 1. The molecule has 0 spiro atoms.